The Bertz CT molecular complexity index is 938. The van der Waals surface area contributed by atoms with Gasteiger partial charge in [-0.1, -0.05) is 25.0 Å². The summed E-state index contributed by atoms with van der Waals surface area (Å²) in [7, 11) is 0. The first-order valence-electron chi connectivity index (χ1n) is 10.9. The van der Waals surface area contributed by atoms with Crippen molar-refractivity contribution in [1.29, 1.82) is 0 Å². The van der Waals surface area contributed by atoms with E-state index in [9.17, 15) is 9.59 Å². The third kappa shape index (κ3) is 4.26. The Morgan fingerprint density at radius 2 is 1.67 bits per heavy atom. The molecule has 1 saturated heterocycles. The molecule has 2 aromatic rings. The van der Waals surface area contributed by atoms with E-state index < -0.39 is 0 Å². The molecule has 0 atom stereocenters. The number of nitrogens with zero attached hydrogens (tertiary/aromatic N) is 3. The maximum Gasteiger partial charge on any atom is 0.255 e. The van der Waals surface area contributed by atoms with Gasteiger partial charge in [0.15, 0.2) is 5.78 Å². The number of hydrogen-bond acceptors (Lipinski definition) is 3. The zero-order valence-electron chi connectivity index (χ0n) is 17.9. The molecular weight excluding hydrogens is 442 g/mol. The van der Waals surface area contributed by atoms with E-state index in [2.05, 4.69) is 45.3 Å². The second kappa shape index (κ2) is 9.06. The lowest BCUT2D eigenvalue weighted by Gasteiger charge is -2.34. The highest BCUT2D eigenvalue weighted by Crippen LogP contribution is 2.33. The first kappa shape index (κ1) is 21.3. The van der Waals surface area contributed by atoms with E-state index in [-0.39, 0.29) is 11.7 Å². The molecule has 0 unspecified atom stereocenters. The number of rotatable bonds is 5. The molecule has 0 bridgehead atoms. The molecule has 2 heterocycles. The van der Waals surface area contributed by atoms with E-state index in [1.165, 1.54) is 31.4 Å². The number of halogens is 1. The lowest BCUT2D eigenvalue weighted by atomic mass is 10.1. The van der Waals surface area contributed by atoms with Gasteiger partial charge < -0.3 is 9.47 Å². The molecule has 0 spiro atoms. The molecule has 2 fully saturated rings. The van der Waals surface area contributed by atoms with Gasteiger partial charge in [-0.3, -0.25) is 14.5 Å². The summed E-state index contributed by atoms with van der Waals surface area (Å²) in [6, 6.07) is 10.2. The minimum atomic E-state index is 0.0496. The standard InChI is InChI=1S/C24H30BrN3O2/c1-17-15-21(18(2)28(17)19-7-3-4-8-19)23(29)16-26-11-13-27(14-12-26)24(30)20-9-5-6-10-22(20)25/h5-6,9-10,15,19H,3-4,7-8,11-14,16H2,1-2H3. The summed E-state index contributed by atoms with van der Waals surface area (Å²) in [4.78, 5) is 29.9. The van der Waals surface area contributed by atoms with Gasteiger partial charge in [-0.05, 0) is 60.8 Å². The number of ketones is 1. The predicted molar refractivity (Wildman–Crippen MR) is 122 cm³/mol. The van der Waals surface area contributed by atoms with E-state index in [0.717, 1.165) is 28.8 Å². The van der Waals surface area contributed by atoms with Crippen LogP contribution in [0.25, 0.3) is 0 Å². The van der Waals surface area contributed by atoms with Crippen molar-refractivity contribution in [3.63, 3.8) is 0 Å². The highest BCUT2D eigenvalue weighted by Gasteiger charge is 2.27. The quantitative estimate of drug-likeness (QED) is 0.597. The molecule has 0 radical (unpaired) electrons. The van der Waals surface area contributed by atoms with Crippen LogP contribution in [0.15, 0.2) is 34.8 Å². The third-order valence-corrected chi connectivity index (χ3v) is 7.30. The molecular formula is C24H30BrN3O2. The first-order chi connectivity index (χ1) is 14.5. The summed E-state index contributed by atoms with van der Waals surface area (Å²) in [6.45, 7) is 7.38. The lowest BCUT2D eigenvalue weighted by molar-refractivity contribution is 0.0623. The summed E-state index contributed by atoms with van der Waals surface area (Å²) in [6.07, 6.45) is 5.01. The van der Waals surface area contributed by atoms with Crippen LogP contribution in [0, 0.1) is 13.8 Å². The Morgan fingerprint density at radius 1 is 1.00 bits per heavy atom. The van der Waals surface area contributed by atoms with Crippen molar-refractivity contribution in [3.05, 3.63) is 57.3 Å². The number of piperazine rings is 1. The van der Waals surface area contributed by atoms with Crippen molar-refractivity contribution in [2.24, 2.45) is 0 Å². The number of benzene rings is 1. The number of Topliss-reactive ketones (excluding diaryl/α,β-unsaturated/α-hetero) is 1. The molecule has 0 N–H and O–H groups in total. The Morgan fingerprint density at radius 3 is 2.33 bits per heavy atom. The third-order valence-electron chi connectivity index (χ3n) is 6.61. The lowest BCUT2D eigenvalue weighted by Crippen LogP contribution is -2.50. The average Bonchev–Trinajstić information content (AvgIpc) is 3.36. The van der Waals surface area contributed by atoms with Crippen LogP contribution in [0.5, 0.6) is 0 Å². The molecule has 1 aromatic heterocycles. The molecule has 1 aliphatic carbocycles. The highest BCUT2D eigenvalue weighted by atomic mass is 79.9. The molecule has 5 nitrogen and oxygen atoms in total. The SMILES string of the molecule is Cc1cc(C(=O)CN2CCN(C(=O)c3ccccc3Br)CC2)c(C)n1C1CCCC1. The summed E-state index contributed by atoms with van der Waals surface area (Å²) < 4.78 is 3.21. The van der Waals surface area contributed by atoms with Gasteiger partial charge in [0.1, 0.15) is 0 Å². The van der Waals surface area contributed by atoms with Gasteiger partial charge in [0, 0.05) is 53.6 Å². The van der Waals surface area contributed by atoms with Gasteiger partial charge in [0.2, 0.25) is 0 Å². The minimum Gasteiger partial charge on any atom is -0.345 e. The molecule has 2 aliphatic rings. The van der Waals surface area contributed by atoms with Crippen molar-refractivity contribution in [2.45, 2.75) is 45.6 Å². The topological polar surface area (TPSA) is 45.6 Å². The summed E-state index contributed by atoms with van der Waals surface area (Å²) in [5.74, 6) is 0.242. The van der Waals surface area contributed by atoms with E-state index in [1.54, 1.807) is 0 Å². The van der Waals surface area contributed by atoms with Gasteiger partial charge in [-0.15, -0.1) is 0 Å². The van der Waals surface area contributed by atoms with Crippen molar-refractivity contribution in [2.75, 3.05) is 32.7 Å². The van der Waals surface area contributed by atoms with Gasteiger partial charge in [0.05, 0.1) is 12.1 Å². The maximum absolute atomic E-state index is 13.1. The van der Waals surface area contributed by atoms with E-state index in [4.69, 9.17) is 0 Å². The number of amides is 1. The van der Waals surface area contributed by atoms with Crippen molar-refractivity contribution < 1.29 is 9.59 Å². The van der Waals surface area contributed by atoms with Crippen molar-refractivity contribution >= 4 is 27.6 Å². The number of carbonyl (C=O) groups excluding carboxylic acids is 2. The summed E-state index contributed by atoms with van der Waals surface area (Å²) in [5, 5.41) is 0. The van der Waals surface area contributed by atoms with Crippen LogP contribution in [0.2, 0.25) is 0 Å². The van der Waals surface area contributed by atoms with Gasteiger partial charge in [0.25, 0.3) is 5.91 Å². The average molecular weight is 472 g/mol. The van der Waals surface area contributed by atoms with Gasteiger partial charge in [-0.2, -0.15) is 0 Å². The zero-order chi connectivity index (χ0) is 21.3. The van der Waals surface area contributed by atoms with Crippen LogP contribution in [0.1, 0.15) is 63.8 Å². The molecule has 1 amide bonds. The second-order valence-electron chi connectivity index (χ2n) is 8.56. The summed E-state index contributed by atoms with van der Waals surface area (Å²) in [5.41, 5.74) is 3.88. The Hall–Kier alpha value is -1.92. The van der Waals surface area contributed by atoms with E-state index in [0.29, 0.717) is 31.2 Å². The summed E-state index contributed by atoms with van der Waals surface area (Å²) >= 11 is 3.47. The van der Waals surface area contributed by atoms with Crippen LogP contribution in [0.3, 0.4) is 0 Å². The zero-order valence-corrected chi connectivity index (χ0v) is 19.5. The Kier molecular flexibility index (Phi) is 6.44. The van der Waals surface area contributed by atoms with Crippen molar-refractivity contribution in [3.8, 4) is 0 Å². The van der Waals surface area contributed by atoms with Crippen molar-refractivity contribution in [1.82, 2.24) is 14.4 Å². The minimum absolute atomic E-state index is 0.0496. The number of hydrogen-bond donors (Lipinski definition) is 0. The van der Waals surface area contributed by atoms with E-state index >= 15 is 0 Å². The second-order valence-corrected chi connectivity index (χ2v) is 9.42. The molecule has 1 aromatic carbocycles. The molecule has 4 rings (SSSR count). The molecule has 1 saturated carbocycles. The molecule has 160 valence electrons. The van der Waals surface area contributed by atoms with Crippen LogP contribution < -0.4 is 0 Å². The Labute approximate surface area is 187 Å². The van der Waals surface area contributed by atoms with Crippen LogP contribution >= 0.6 is 15.9 Å². The molecule has 6 heteroatoms. The van der Waals surface area contributed by atoms with Crippen LogP contribution in [-0.4, -0.2) is 58.8 Å². The smallest absolute Gasteiger partial charge is 0.255 e. The fourth-order valence-electron chi connectivity index (χ4n) is 4.99. The highest BCUT2D eigenvalue weighted by molar-refractivity contribution is 9.10. The first-order valence-corrected chi connectivity index (χ1v) is 11.7. The number of aryl methyl sites for hydroxylation is 1. The fraction of sp³-hybridized carbons (Fsp3) is 0.500. The Balaban J connectivity index is 1.36. The van der Waals surface area contributed by atoms with Gasteiger partial charge >= 0.3 is 0 Å². The normalized spacial score (nSPS) is 18.2. The molecule has 30 heavy (non-hydrogen) atoms. The van der Waals surface area contributed by atoms with Crippen LogP contribution in [-0.2, 0) is 0 Å². The molecule has 1 aliphatic heterocycles. The maximum atomic E-state index is 13.1. The number of carbonyl (C=O) groups is 2. The van der Waals surface area contributed by atoms with E-state index in [1.807, 2.05) is 29.2 Å². The predicted octanol–water partition coefficient (Wildman–Crippen LogP) is 4.62. The fourth-order valence-corrected chi connectivity index (χ4v) is 5.44. The monoisotopic (exact) mass is 471 g/mol. The largest absolute Gasteiger partial charge is 0.345 e. The van der Waals surface area contributed by atoms with Crippen LogP contribution in [0.4, 0.5) is 0 Å². The number of aromatic nitrogens is 1. The van der Waals surface area contributed by atoms with Gasteiger partial charge in [-0.25, -0.2) is 0 Å².